The first kappa shape index (κ1) is 9.64. The first-order valence-electron chi connectivity index (χ1n) is 4.74. The van der Waals surface area contributed by atoms with Gasteiger partial charge >= 0.3 is 0 Å². The highest BCUT2D eigenvalue weighted by Gasteiger charge is 2.08. The summed E-state index contributed by atoms with van der Waals surface area (Å²) in [7, 11) is 0. The van der Waals surface area contributed by atoms with E-state index in [0.717, 1.165) is 0 Å². The fraction of sp³-hybridized carbons (Fsp3) is 0.300. The molecule has 15 heavy (non-hydrogen) atoms. The molecule has 0 unspecified atom stereocenters. The Morgan fingerprint density at radius 2 is 2.20 bits per heavy atom. The van der Waals surface area contributed by atoms with Gasteiger partial charge in [0.05, 0.1) is 5.39 Å². The number of nitrogens with two attached hydrogens (primary N) is 1. The summed E-state index contributed by atoms with van der Waals surface area (Å²) in [5, 5.41) is 0.479. The van der Waals surface area contributed by atoms with Crippen LogP contribution in [0, 0.1) is 0 Å². The maximum Gasteiger partial charge on any atom is 0.258 e. The molecule has 2 heterocycles. The van der Waals surface area contributed by atoms with Gasteiger partial charge in [-0.05, 0) is 6.07 Å². The van der Waals surface area contributed by atoms with E-state index in [4.69, 9.17) is 5.73 Å². The summed E-state index contributed by atoms with van der Waals surface area (Å²) in [4.78, 5) is 22.6. The molecule has 0 saturated carbocycles. The number of nitrogen functional groups attached to an aromatic ring is 1. The minimum Gasteiger partial charge on any atom is -0.382 e. The summed E-state index contributed by atoms with van der Waals surface area (Å²) in [5.74, 6) is 1.08. The van der Waals surface area contributed by atoms with E-state index in [1.165, 1.54) is 6.20 Å². The number of H-pyrrole nitrogens is 1. The van der Waals surface area contributed by atoms with Gasteiger partial charge < -0.3 is 10.7 Å². The van der Waals surface area contributed by atoms with E-state index in [0.29, 0.717) is 22.5 Å². The molecule has 0 spiro atoms. The number of anilines is 1. The van der Waals surface area contributed by atoms with Gasteiger partial charge in [-0.1, -0.05) is 13.8 Å². The quantitative estimate of drug-likeness (QED) is 0.726. The molecule has 0 aliphatic carbocycles. The minimum absolute atomic E-state index is 0.154. The van der Waals surface area contributed by atoms with Gasteiger partial charge in [0.25, 0.3) is 5.56 Å². The van der Waals surface area contributed by atoms with Crippen LogP contribution >= 0.6 is 0 Å². The number of aromatic amines is 1. The summed E-state index contributed by atoms with van der Waals surface area (Å²) in [6, 6.07) is 1.61. The molecule has 0 fully saturated rings. The lowest BCUT2D eigenvalue weighted by molar-refractivity contribution is 0.776. The second-order valence-corrected chi connectivity index (χ2v) is 3.70. The predicted octanol–water partition coefficient (Wildman–Crippen LogP) is 1.02. The van der Waals surface area contributed by atoms with E-state index in [1.54, 1.807) is 6.07 Å². The molecule has 5 nitrogen and oxygen atoms in total. The molecule has 3 N–H and O–H groups in total. The molecule has 78 valence electrons. The lowest BCUT2D eigenvalue weighted by Gasteiger charge is -2.06. The molecular formula is C10H12N4O. The van der Waals surface area contributed by atoms with Crippen molar-refractivity contribution in [2.75, 3.05) is 5.73 Å². The molecule has 2 aromatic heterocycles. The zero-order valence-electron chi connectivity index (χ0n) is 8.61. The number of fused-ring (bicyclic) bond motifs is 1. The molecule has 0 aromatic carbocycles. The fourth-order valence-electron chi connectivity index (χ4n) is 1.38. The Morgan fingerprint density at radius 1 is 1.47 bits per heavy atom. The standard InChI is InChI=1S/C10H12N4O/c1-5(2)9-13-7-6(10(15)14-9)3-4-12-8(7)11/h3-5H,1-2H3,(H2,11,12)(H,13,14,15). The Bertz CT molecular complexity index is 559. The highest BCUT2D eigenvalue weighted by molar-refractivity contribution is 5.85. The lowest BCUT2D eigenvalue weighted by atomic mass is 10.2. The molecule has 0 amide bonds. The van der Waals surface area contributed by atoms with Crippen LogP contribution in [-0.2, 0) is 0 Å². The van der Waals surface area contributed by atoms with E-state index in [2.05, 4.69) is 15.0 Å². The molecule has 0 saturated heterocycles. The number of hydrogen-bond donors (Lipinski definition) is 2. The zero-order chi connectivity index (χ0) is 11.0. The summed E-state index contributed by atoms with van der Waals surface area (Å²) in [6.45, 7) is 3.91. The molecular weight excluding hydrogens is 192 g/mol. The second kappa shape index (κ2) is 3.34. The summed E-state index contributed by atoms with van der Waals surface area (Å²) < 4.78 is 0. The summed E-state index contributed by atoms with van der Waals surface area (Å²) in [5.41, 5.74) is 5.98. The predicted molar refractivity (Wildman–Crippen MR) is 58.7 cm³/mol. The number of aromatic nitrogens is 3. The first-order chi connectivity index (χ1) is 7.09. The van der Waals surface area contributed by atoms with Crippen LogP contribution < -0.4 is 11.3 Å². The van der Waals surface area contributed by atoms with Crippen molar-refractivity contribution >= 4 is 16.7 Å². The Morgan fingerprint density at radius 3 is 2.87 bits per heavy atom. The molecule has 0 aliphatic rings. The van der Waals surface area contributed by atoms with Gasteiger partial charge in [0, 0.05) is 12.1 Å². The Hall–Kier alpha value is -1.91. The van der Waals surface area contributed by atoms with E-state index in [9.17, 15) is 4.79 Å². The van der Waals surface area contributed by atoms with E-state index in [1.807, 2.05) is 13.8 Å². The van der Waals surface area contributed by atoms with E-state index >= 15 is 0 Å². The molecule has 0 aliphatic heterocycles. The van der Waals surface area contributed by atoms with Gasteiger partial charge in [-0.25, -0.2) is 9.97 Å². The second-order valence-electron chi connectivity index (χ2n) is 3.70. The number of hydrogen-bond acceptors (Lipinski definition) is 4. The van der Waals surface area contributed by atoms with Gasteiger partial charge in [-0.3, -0.25) is 4.79 Å². The smallest absolute Gasteiger partial charge is 0.258 e. The van der Waals surface area contributed by atoms with Gasteiger partial charge in [0.1, 0.15) is 17.2 Å². The Kier molecular flexibility index (Phi) is 2.15. The van der Waals surface area contributed by atoms with Crippen molar-refractivity contribution in [3.63, 3.8) is 0 Å². The van der Waals surface area contributed by atoms with Crippen LogP contribution in [0.1, 0.15) is 25.6 Å². The lowest BCUT2D eigenvalue weighted by Crippen LogP contribution is -2.14. The van der Waals surface area contributed by atoms with Crippen LogP contribution in [0.3, 0.4) is 0 Å². The van der Waals surface area contributed by atoms with Crippen LogP contribution in [0.15, 0.2) is 17.1 Å². The van der Waals surface area contributed by atoms with E-state index in [-0.39, 0.29) is 11.5 Å². The van der Waals surface area contributed by atoms with Crippen molar-refractivity contribution in [3.8, 4) is 0 Å². The van der Waals surface area contributed by atoms with Gasteiger partial charge in [-0.2, -0.15) is 0 Å². The normalized spacial score (nSPS) is 11.1. The minimum atomic E-state index is -0.169. The van der Waals surface area contributed by atoms with Gasteiger partial charge in [0.2, 0.25) is 0 Å². The van der Waals surface area contributed by atoms with Crippen molar-refractivity contribution in [1.82, 2.24) is 15.0 Å². The van der Waals surface area contributed by atoms with Crippen LogP contribution in [0.25, 0.3) is 10.9 Å². The van der Waals surface area contributed by atoms with Crippen LogP contribution in [0.5, 0.6) is 0 Å². The molecule has 0 atom stereocenters. The first-order valence-corrected chi connectivity index (χ1v) is 4.74. The third-order valence-corrected chi connectivity index (χ3v) is 2.22. The average Bonchev–Trinajstić information content (AvgIpc) is 2.19. The molecule has 5 heteroatoms. The van der Waals surface area contributed by atoms with Crippen molar-refractivity contribution < 1.29 is 0 Å². The average molecular weight is 204 g/mol. The van der Waals surface area contributed by atoms with Crippen molar-refractivity contribution in [2.24, 2.45) is 0 Å². The van der Waals surface area contributed by atoms with Crippen molar-refractivity contribution in [1.29, 1.82) is 0 Å². The zero-order valence-corrected chi connectivity index (χ0v) is 8.61. The Labute approximate surface area is 86.4 Å². The molecule has 2 rings (SSSR count). The monoisotopic (exact) mass is 204 g/mol. The topological polar surface area (TPSA) is 84.7 Å². The largest absolute Gasteiger partial charge is 0.382 e. The highest BCUT2D eigenvalue weighted by atomic mass is 16.1. The van der Waals surface area contributed by atoms with Crippen LogP contribution in [0.4, 0.5) is 5.82 Å². The third kappa shape index (κ3) is 1.56. The molecule has 2 aromatic rings. The number of nitrogens with zero attached hydrogens (tertiary/aromatic N) is 2. The van der Waals surface area contributed by atoms with Crippen molar-refractivity contribution in [2.45, 2.75) is 19.8 Å². The maximum atomic E-state index is 11.7. The summed E-state index contributed by atoms with van der Waals surface area (Å²) >= 11 is 0. The highest BCUT2D eigenvalue weighted by Crippen LogP contribution is 2.15. The number of nitrogens with one attached hydrogen (secondary N) is 1. The van der Waals surface area contributed by atoms with Crippen LogP contribution in [0.2, 0.25) is 0 Å². The molecule has 0 bridgehead atoms. The SMILES string of the molecule is CC(C)c1nc2c(N)nccc2c(=O)[nH]1. The van der Waals surface area contributed by atoms with Gasteiger partial charge in [-0.15, -0.1) is 0 Å². The molecule has 0 radical (unpaired) electrons. The van der Waals surface area contributed by atoms with Crippen molar-refractivity contribution in [3.05, 3.63) is 28.4 Å². The summed E-state index contributed by atoms with van der Waals surface area (Å²) in [6.07, 6.45) is 1.50. The van der Waals surface area contributed by atoms with Gasteiger partial charge in [0.15, 0.2) is 0 Å². The number of rotatable bonds is 1. The van der Waals surface area contributed by atoms with E-state index < -0.39 is 0 Å². The maximum absolute atomic E-state index is 11.7. The third-order valence-electron chi connectivity index (χ3n) is 2.22. The van der Waals surface area contributed by atoms with Crippen LogP contribution in [-0.4, -0.2) is 15.0 Å². The fourth-order valence-corrected chi connectivity index (χ4v) is 1.38. The Balaban J connectivity index is 2.86. The number of pyridine rings is 1.